The minimum atomic E-state index is 0.273. The summed E-state index contributed by atoms with van der Waals surface area (Å²) in [6.07, 6.45) is 10.8. The normalized spacial score (nSPS) is 23.2. The first-order valence-corrected chi connectivity index (χ1v) is 10.3. The number of furan rings is 1. The molecule has 5 rings (SSSR count). The summed E-state index contributed by atoms with van der Waals surface area (Å²) in [5.74, 6) is 0.273. The van der Waals surface area contributed by atoms with Crippen molar-refractivity contribution >= 4 is 16.9 Å². The van der Waals surface area contributed by atoms with Gasteiger partial charge in [-0.2, -0.15) is 0 Å². The molecule has 2 aromatic rings. The molecule has 4 nitrogen and oxygen atoms in total. The molecular weight excluding hydrogens is 324 g/mol. The third-order valence-corrected chi connectivity index (χ3v) is 6.57. The number of carbonyl (C=O) groups excluding carboxylic acids is 1. The molecule has 26 heavy (non-hydrogen) atoms. The quantitative estimate of drug-likeness (QED) is 0.844. The minimum Gasteiger partial charge on any atom is -0.464 e. The Morgan fingerprint density at radius 3 is 2.69 bits per heavy atom. The van der Waals surface area contributed by atoms with Crippen LogP contribution in [0, 0.1) is 0 Å². The van der Waals surface area contributed by atoms with Crippen molar-refractivity contribution < 1.29 is 9.21 Å². The molecule has 1 aliphatic carbocycles. The maximum absolute atomic E-state index is 13.0. The third-order valence-electron chi connectivity index (χ3n) is 6.57. The van der Waals surface area contributed by atoms with Gasteiger partial charge in [-0.15, -0.1) is 0 Å². The van der Waals surface area contributed by atoms with E-state index < -0.39 is 0 Å². The number of hydrogen-bond acceptors (Lipinski definition) is 3. The van der Waals surface area contributed by atoms with Gasteiger partial charge in [-0.05, 0) is 81.3 Å². The fraction of sp³-hybridized carbons (Fsp3) is 0.591. The minimum absolute atomic E-state index is 0.273. The molecule has 2 fully saturated rings. The largest absolute Gasteiger partial charge is 0.464 e. The van der Waals surface area contributed by atoms with Gasteiger partial charge in [0.1, 0.15) is 5.58 Å². The van der Waals surface area contributed by atoms with Crippen LogP contribution < -0.4 is 0 Å². The van der Waals surface area contributed by atoms with Crippen molar-refractivity contribution in [2.75, 3.05) is 26.2 Å². The van der Waals surface area contributed by atoms with Gasteiger partial charge in [0.25, 0.3) is 0 Å². The van der Waals surface area contributed by atoms with Gasteiger partial charge in [-0.25, -0.2) is 0 Å². The molecule has 2 saturated heterocycles. The highest BCUT2D eigenvalue weighted by molar-refractivity contribution is 5.89. The van der Waals surface area contributed by atoms with Gasteiger partial charge in [-0.1, -0.05) is 0 Å². The predicted octanol–water partition coefficient (Wildman–Crippen LogP) is 3.55. The van der Waals surface area contributed by atoms with E-state index in [-0.39, 0.29) is 5.91 Å². The molecule has 1 amide bonds. The van der Waals surface area contributed by atoms with E-state index >= 15 is 0 Å². The summed E-state index contributed by atoms with van der Waals surface area (Å²) >= 11 is 0. The van der Waals surface area contributed by atoms with E-state index in [0.717, 1.165) is 55.3 Å². The van der Waals surface area contributed by atoms with Crippen LogP contribution in [0.15, 0.2) is 22.8 Å². The van der Waals surface area contributed by atoms with Crippen LogP contribution in [-0.2, 0) is 24.1 Å². The van der Waals surface area contributed by atoms with E-state index in [1.54, 1.807) is 0 Å². The van der Waals surface area contributed by atoms with Gasteiger partial charge in [0, 0.05) is 30.1 Å². The molecule has 0 spiro atoms. The summed E-state index contributed by atoms with van der Waals surface area (Å²) in [7, 11) is 0. The lowest BCUT2D eigenvalue weighted by molar-refractivity contribution is -0.131. The average Bonchev–Trinajstić information content (AvgIpc) is 3.41. The molecule has 0 bridgehead atoms. The van der Waals surface area contributed by atoms with Crippen molar-refractivity contribution in [3.63, 3.8) is 0 Å². The van der Waals surface area contributed by atoms with E-state index in [0.29, 0.717) is 12.5 Å². The predicted molar refractivity (Wildman–Crippen MR) is 102 cm³/mol. The van der Waals surface area contributed by atoms with E-state index in [2.05, 4.69) is 21.9 Å². The van der Waals surface area contributed by atoms with E-state index in [1.807, 2.05) is 6.26 Å². The summed E-state index contributed by atoms with van der Waals surface area (Å²) in [6, 6.07) is 4.87. The molecule has 3 aliphatic rings. The summed E-state index contributed by atoms with van der Waals surface area (Å²) in [5, 5.41) is 1.15. The van der Waals surface area contributed by atoms with Crippen molar-refractivity contribution in [3.05, 3.63) is 35.1 Å². The van der Waals surface area contributed by atoms with Crippen LogP contribution in [-0.4, -0.2) is 47.9 Å². The van der Waals surface area contributed by atoms with Gasteiger partial charge in [0.05, 0.1) is 12.7 Å². The number of hydrogen-bond donors (Lipinski definition) is 0. The highest BCUT2D eigenvalue weighted by atomic mass is 16.3. The van der Waals surface area contributed by atoms with Crippen LogP contribution in [0.4, 0.5) is 0 Å². The second-order valence-electron chi connectivity index (χ2n) is 8.30. The first kappa shape index (κ1) is 16.4. The summed E-state index contributed by atoms with van der Waals surface area (Å²) in [5.41, 5.74) is 4.88. The standard InChI is InChI=1S/C22H28N2O2/c25-22(24-10-4-7-19(24)14-23-8-1-2-9-23)13-18-15-26-21-12-17-6-3-5-16(17)11-20(18)21/h11-12,15,19H,1-10,13-14H2. The van der Waals surface area contributed by atoms with Crippen molar-refractivity contribution in [2.45, 2.75) is 57.4 Å². The van der Waals surface area contributed by atoms with Gasteiger partial charge in [0.15, 0.2) is 0 Å². The van der Waals surface area contributed by atoms with Crippen molar-refractivity contribution in [1.29, 1.82) is 0 Å². The Bertz CT molecular complexity index is 819. The van der Waals surface area contributed by atoms with Crippen molar-refractivity contribution in [2.24, 2.45) is 0 Å². The molecule has 0 radical (unpaired) electrons. The molecule has 2 aliphatic heterocycles. The second kappa shape index (κ2) is 6.73. The lowest BCUT2D eigenvalue weighted by Crippen LogP contribution is -2.43. The average molecular weight is 352 g/mol. The highest BCUT2D eigenvalue weighted by Gasteiger charge is 2.31. The number of amides is 1. The third kappa shape index (κ3) is 2.94. The Kier molecular flexibility index (Phi) is 4.24. The summed E-state index contributed by atoms with van der Waals surface area (Å²) in [6.45, 7) is 4.39. The molecule has 1 aromatic carbocycles. The number of rotatable bonds is 4. The van der Waals surface area contributed by atoms with Crippen molar-refractivity contribution in [1.82, 2.24) is 9.80 Å². The zero-order valence-corrected chi connectivity index (χ0v) is 15.5. The van der Waals surface area contributed by atoms with Gasteiger partial charge in [0.2, 0.25) is 5.91 Å². The Morgan fingerprint density at radius 2 is 1.85 bits per heavy atom. The van der Waals surface area contributed by atoms with E-state index in [1.165, 1.54) is 43.5 Å². The number of fused-ring (bicyclic) bond motifs is 2. The fourth-order valence-electron chi connectivity index (χ4n) is 5.17. The Hall–Kier alpha value is -1.81. The van der Waals surface area contributed by atoms with Crippen LogP contribution in [0.1, 0.15) is 48.8 Å². The molecule has 4 heteroatoms. The molecule has 1 aromatic heterocycles. The maximum Gasteiger partial charge on any atom is 0.227 e. The maximum atomic E-state index is 13.0. The van der Waals surface area contributed by atoms with Crippen LogP contribution >= 0.6 is 0 Å². The molecule has 0 N–H and O–H groups in total. The SMILES string of the molecule is O=C(Cc1coc2cc3c(cc12)CCC3)N1CCCC1CN1CCCC1. The second-order valence-corrected chi connectivity index (χ2v) is 8.30. The first-order valence-electron chi connectivity index (χ1n) is 10.3. The molecule has 138 valence electrons. The van der Waals surface area contributed by atoms with Crippen LogP contribution in [0.25, 0.3) is 11.0 Å². The highest BCUT2D eigenvalue weighted by Crippen LogP contribution is 2.31. The fourth-order valence-corrected chi connectivity index (χ4v) is 5.17. The van der Waals surface area contributed by atoms with Crippen LogP contribution in [0.3, 0.4) is 0 Å². The molecule has 1 unspecified atom stereocenters. The number of nitrogens with zero attached hydrogens (tertiary/aromatic N) is 2. The smallest absolute Gasteiger partial charge is 0.227 e. The summed E-state index contributed by atoms with van der Waals surface area (Å²) < 4.78 is 5.79. The molecule has 0 saturated carbocycles. The zero-order chi connectivity index (χ0) is 17.5. The Morgan fingerprint density at radius 1 is 1.04 bits per heavy atom. The molecule has 1 atom stereocenters. The number of likely N-dealkylation sites (tertiary alicyclic amines) is 2. The van der Waals surface area contributed by atoms with E-state index in [4.69, 9.17) is 4.42 Å². The lowest BCUT2D eigenvalue weighted by atomic mass is 10.0. The lowest BCUT2D eigenvalue weighted by Gasteiger charge is -2.28. The Labute approximate surface area is 155 Å². The van der Waals surface area contributed by atoms with Crippen LogP contribution in [0.5, 0.6) is 0 Å². The monoisotopic (exact) mass is 352 g/mol. The Balaban J connectivity index is 1.32. The van der Waals surface area contributed by atoms with Gasteiger partial charge >= 0.3 is 0 Å². The topological polar surface area (TPSA) is 36.7 Å². The molecular formula is C22H28N2O2. The molecule has 3 heterocycles. The number of benzene rings is 1. The van der Waals surface area contributed by atoms with Gasteiger partial charge < -0.3 is 14.2 Å². The summed E-state index contributed by atoms with van der Waals surface area (Å²) in [4.78, 5) is 17.7. The van der Waals surface area contributed by atoms with Crippen LogP contribution in [0.2, 0.25) is 0 Å². The number of aryl methyl sites for hydroxylation is 2. The first-order chi connectivity index (χ1) is 12.8. The van der Waals surface area contributed by atoms with E-state index in [9.17, 15) is 4.79 Å². The zero-order valence-electron chi connectivity index (χ0n) is 15.5. The number of carbonyl (C=O) groups is 1. The van der Waals surface area contributed by atoms with Crippen molar-refractivity contribution in [3.8, 4) is 0 Å². The van der Waals surface area contributed by atoms with Gasteiger partial charge in [-0.3, -0.25) is 4.79 Å².